The van der Waals surface area contributed by atoms with Crippen molar-refractivity contribution in [2.45, 2.75) is 24.7 Å². The number of aliphatic hydroxyl groups excluding tert-OH is 1. The van der Waals surface area contributed by atoms with Crippen molar-refractivity contribution in [3.05, 3.63) is 35.6 Å². The number of carbonyl (C=O) groups excluding carboxylic acids is 1. The van der Waals surface area contributed by atoms with Gasteiger partial charge in [0, 0.05) is 11.8 Å². The highest BCUT2D eigenvalue weighted by molar-refractivity contribution is 7.99. The van der Waals surface area contributed by atoms with E-state index in [9.17, 15) is 14.3 Å². The fourth-order valence-corrected chi connectivity index (χ4v) is 1.67. The molecule has 0 aliphatic rings. The Morgan fingerprint density at radius 3 is 2.89 bits per heavy atom. The maximum Gasteiger partial charge on any atom is 0.222 e. The summed E-state index contributed by atoms with van der Waals surface area (Å²) in [6, 6.07) is 5.66. The van der Waals surface area contributed by atoms with Gasteiger partial charge in [0.2, 0.25) is 5.91 Å². The van der Waals surface area contributed by atoms with Gasteiger partial charge in [-0.05, 0) is 24.0 Å². The predicted octanol–water partition coefficient (Wildman–Crippen LogP) is 2.12. The molecule has 0 aliphatic carbocycles. The van der Waals surface area contributed by atoms with Gasteiger partial charge in [0.1, 0.15) is 5.82 Å². The molecule has 100 valence electrons. The standard InChI is InChI=1S/C13H18FNO2S/c1-9(18-2)8-15-13(17)7-12(16)10-4-3-5-11(14)6-10/h3-6,9,12,16H,7-8H2,1-2H3,(H,15,17). The van der Waals surface area contributed by atoms with Crippen LogP contribution in [0.3, 0.4) is 0 Å². The smallest absolute Gasteiger partial charge is 0.222 e. The van der Waals surface area contributed by atoms with Crippen LogP contribution in [0.5, 0.6) is 0 Å². The van der Waals surface area contributed by atoms with Crippen LogP contribution < -0.4 is 5.32 Å². The molecule has 0 radical (unpaired) electrons. The van der Waals surface area contributed by atoms with Crippen LogP contribution >= 0.6 is 11.8 Å². The molecule has 2 atom stereocenters. The third-order valence-corrected chi connectivity index (χ3v) is 3.57. The molecule has 0 saturated carbocycles. The number of benzene rings is 1. The van der Waals surface area contributed by atoms with Crippen LogP contribution in [-0.4, -0.2) is 29.1 Å². The largest absolute Gasteiger partial charge is 0.388 e. The van der Waals surface area contributed by atoms with E-state index >= 15 is 0 Å². The molecule has 1 amide bonds. The van der Waals surface area contributed by atoms with Crippen molar-refractivity contribution < 1.29 is 14.3 Å². The van der Waals surface area contributed by atoms with Crippen LogP contribution in [0, 0.1) is 5.82 Å². The van der Waals surface area contributed by atoms with Crippen LogP contribution in [0.15, 0.2) is 24.3 Å². The van der Waals surface area contributed by atoms with Crippen LogP contribution in [0.2, 0.25) is 0 Å². The molecule has 0 saturated heterocycles. The molecule has 0 aromatic heterocycles. The van der Waals surface area contributed by atoms with E-state index in [1.165, 1.54) is 18.2 Å². The average Bonchev–Trinajstić information content (AvgIpc) is 2.35. The summed E-state index contributed by atoms with van der Waals surface area (Å²) in [6.45, 7) is 2.57. The van der Waals surface area contributed by atoms with Gasteiger partial charge in [-0.15, -0.1) is 0 Å². The van der Waals surface area contributed by atoms with E-state index in [4.69, 9.17) is 0 Å². The van der Waals surface area contributed by atoms with Crippen molar-refractivity contribution in [3.8, 4) is 0 Å². The Morgan fingerprint density at radius 1 is 1.56 bits per heavy atom. The fraction of sp³-hybridized carbons (Fsp3) is 0.462. The van der Waals surface area contributed by atoms with Gasteiger partial charge in [-0.3, -0.25) is 4.79 Å². The molecular weight excluding hydrogens is 253 g/mol. The van der Waals surface area contributed by atoms with E-state index in [0.29, 0.717) is 17.4 Å². The van der Waals surface area contributed by atoms with Gasteiger partial charge >= 0.3 is 0 Å². The molecule has 2 unspecified atom stereocenters. The van der Waals surface area contributed by atoms with Gasteiger partial charge in [-0.1, -0.05) is 19.1 Å². The molecule has 0 bridgehead atoms. The third kappa shape index (κ3) is 5.06. The van der Waals surface area contributed by atoms with Gasteiger partial charge in [0.15, 0.2) is 0 Å². The van der Waals surface area contributed by atoms with Crippen LogP contribution in [0.4, 0.5) is 4.39 Å². The molecule has 2 N–H and O–H groups in total. The summed E-state index contributed by atoms with van der Waals surface area (Å²) < 4.78 is 13.0. The van der Waals surface area contributed by atoms with Gasteiger partial charge < -0.3 is 10.4 Å². The topological polar surface area (TPSA) is 49.3 Å². The minimum atomic E-state index is -0.967. The minimum absolute atomic E-state index is 0.0510. The highest BCUT2D eigenvalue weighted by Gasteiger charge is 2.13. The summed E-state index contributed by atoms with van der Waals surface area (Å²) in [5.74, 6) is -0.643. The zero-order valence-corrected chi connectivity index (χ0v) is 11.3. The first-order valence-corrected chi connectivity index (χ1v) is 7.04. The van der Waals surface area contributed by atoms with Crippen molar-refractivity contribution in [3.63, 3.8) is 0 Å². The molecule has 0 aliphatic heterocycles. The van der Waals surface area contributed by atoms with Crippen molar-refractivity contribution in [1.82, 2.24) is 5.32 Å². The maximum atomic E-state index is 13.0. The van der Waals surface area contributed by atoms with Gasteiger partial charge in [0.05, 0.1) is 12.5 Å². The molecule has 1 aromatic carbocycles. The quantitative estimate of drug-likeness (QED) is 0.833. The number of aliphatic hydroxyl groups is 1. The lowest BCUT2D eigenvalue weighted by molar-refractivity contribution is -0.123. The minimum Gasteiger partial charge on any atom is -0.388 e. The number of halogens is 1. The lowest BCUT2D eigenvalue weighted by atomic mass is 10.1. The first-order chi connectivity index (χ1) is 8.52. The Morgan fingerprint density at radius 2 is 2.28 bits per heavy atom. The third-order valence-electron chi connectivity index (χ3n) is 2.60. The molecule has 0 heterocycles. The van der Waals surface area contributed by atoms with E-state index in [-0.39, 0.29) is 12.3 Å². The lowest BCUT2D eigenvalue weighted by Gasteiger charge is -2.13. The first-order valence-electron chi connectivity index (χ1n) is 5.76. The summed E-state index contributed by atoms with van der Waals surface area (Å²) >= 11 is 1.66. The predicted molar refractivity (Wildman–Crippen MR) is 72.0 cm³/mol. The highest BCUT2D eigenvalue weighted by Crippen LogP contribution is 2.17. The monoisotopic (exact) mass is 271 g/mol. The second-order valence-electron chi connectivity index (χ2n) is 4.13. The molecule has 0 spiro atoms. The number of hydrogen-bond donors (Lipinski definition) is 2. The second kappa shape index (κ2) is 7.38. The molecule has 0 fully saturated rings. The molecule has 1 rings (SSSR count). The van der Waals surface area contributed by atoms with Crippen LogP contribution in [0.1, 0.15) is 25.0 Å². The zero-order chi connectivity index (χ0) is 13.5. The number of amides is 1. The number of thioether (sulfide) groups is 1. The summed E-state index contributed by atoms with van der Waals surface area (Å²) in [6.07, 6.45) is 0.952. The first kappa shape index (κ1) is 15.0. The summed E-state index contributed by atoms with van der Waals surface area (Å²) in [4.78, 5) is 11.6. The normalized spacial score (nSPS) is 14.0. The van der Waals surface area contributed by atoms with Crippen molar-refractivity contribution in [2.24, 2.45) is 0 Å². The van der Waals surface area contributed by atoms with E-state index in [0.717, 1.165) is 0 Å². The SMILES string of the molecule is CSC(C)CNC(=O)CC(O)c1cccc(F)c1. The van der Waals surface area contributed by atoms with Crippen molar-refractivity contribution >= 4 is 17.7 Å². The van der Waals surface area contributed by atoms with E-state index in [2.05, 4.69) is 5.32 Å². The van der Waals surface area contributed by atoms with E-state index < -0.39 is 11.9 Å². The summed E-state index contributed by atoms with van der Waals surface area (Å²) in [5, 5.41) is 12.9. The van der Waals surface area contributed by atoms with Crippen molar-refractivity contribution in [1.29, 1.82) is 0 Å². The van der Waals surface area contributed by atoms with Crippen molar-refractivity contribution in [2.75, 3.05) is 12.8 Å². The molecule has 18 heavy (non-hydrogen) atoms. The average molecular weight is 271 g/mol. The Bertz CT molecular complexity index is 400. The Labute approximate surface area is 111 Å². The molecular formula is C13H18FNO2S. The maximum absolute atomic E-state index is 13.0. The van der Waals surface area contributed by atoms with Crippen LogP contribution in [-0.2, 0) is 4.79 Å². The Balaban J connectivity index is 2.44. The second-order valence-corrected chi connectivity index (χ2v) is 5.40. The van der Waals surface area contributed by atoms with Gasteiger partial charge in [-0.2, -0.15) is 11.8 Å². The Kier molecular flexibility index (Phi) is 6.15. The summed E-state index contributed by atoms with van der Waals surface area (Å²) in [5.41, 5.74) is 0.420. The number of nitrogens with one attached hydrogen (secondary N) is 1. The Hall–Kier alpha value is -1.07. The number of rotatable bonds is 6. The van der Waals surface area contributed by atoms with E-state index in [1.54, 1.807) is 17.8 Å². The highest BCUT2D eigenvalue weighted by atomic mass is 32.2. The molecule has 3 nitrogen and oxygen atoms in total. The molecule has 5 heteroatoms. The van der Waals surface area contributed by atoms with Crippen LogP contribution in [0.25, 0.3) is 0 Å². The number of hydrogen-bond acceptors (Lipinski definition) is 3. The number of carbonyl (C=O) groups is 1. The zero-order valence-electron chi connectivity index (χ0n) is 10.5. The fourth-order valence-electron chi connectivity index (χ4n) is 1.42. The van der Waals surface area contributed by atoms with Gasteiger partial charge in [0.25, 0.3) is 0 Å². The van der Waals surface area contributed by atoms with Gasteiger partial charge in [-0.25, -0.2) is 4.39 Å². The summed E-state index contributed by atoms with van der Waals surface area (Å²) in [7, 11) is 0. The lowest BCUT2D eigenvalue weighted by Crippen LogP contribution is -2.30. The van der Waals surface area contributed by atoms with E-state index in [1.807, 2.05) is 13.2 Å². The molecule has 1 aromatic rings.